The van der Waals surface area contributed by atoms with Crippen LogP contribution in [0.3, 0.4) is 0 Å². The van der Waals surface area contributed by atoms with Crippen LogP contribution in [0.1, 0.15) is 70.8 Å². The van der Waals surface area contributed by atoms with Crippen molar-refractivity contribution in [3.05, 3.63) is 29.6 Å². The molecule has 0 saturated heterocycles. The van der Waals surface area contributed by atoms with E-state index in [9.17, 15) is 35.6 Å². The summed E-state index contributed by atoms with van der Waals surface area (Å²) in [5, 5.41) is 0. The van der Waals surface area contributed by atoms with Gasteiger partial charge in [-0.1, -0.05) is 33.1 Å². The largest absolute Gasteiger partial charge is 0.449 e. The summed E-state index contributed by atoms with van der Waals surface area (Å²) in [5.74, 6) is -1.48. The molecular weight excluding hydrogens is 530 g/mol. The molecule has 1 aromatic carbocycles. The Labute approximate surface area is 221 Å². The first kappa shape index (κ1) is 32.0. The highest BCUT2D eigenvalue weighted by Gasteiger charge is 2.37. The number of sulfonamides is 1. The lowest BCUT2D eigenvalue weighted by atomic mass is 9.90. The molecule has 0 aliphatic heterocycles. The monoisotopic (exact) mass is 567 g/mol. The molecule has 1 aliphatic carbocycles. The number of halogens is 4. The van der Waals surface area contributed by atoms with Crippen LogP contribution in [0.5, 0.6) is 0 Å². The molecule has 216 valence electrons. The van der Waals surface area contributed by atoms with Crippen LogP contribution in [0.4, 0.5) is 22.4 Å². The van der Waals surface area contributed by atoms with E-state index in [1.54, 1.807) is 0 Å². The normalized spacial score (nSPS) is 15.9. The molecule has 0 bridgehead atoms. The second-order valence-corrected chi connectivity index (χ2v) is 11.8. The van der Waals surface area contributed by atoms with E-state index in [1.807, 2.05) is 13.8 Å². The number of ether oxygens (including phenoxy) is 1. The van der Waals surface area contributed by atoms with Gasteiger partial charge in [-0.15, -0.1) is 0 Å². The molecule has 2 rings (SSSR count). The standard InChI is InChI=1S/C25H37F4N3O5S/c1-17(2)14-21(30)23(33)32(24(34)37-16-18-8-4-3-5-9-18)13-7-6-12-31-38(35,36)22-11-10-19(26)15-20(22)25(27,28)29/h10-11,15,17-18,21,31H,3-9,12-14,16,30H2,1-2H3/t21-/m0/s1. The number of rotatable bonds is 12. The second kappa shape index (κ2) is 14.2. The molecule has 1 saturated carbocycles. The molecule has 0 spiro atoms. The highest BCUT2D eigenvalue weighted by atomic mass is 32.2. The van der Waals surface area contributed by atoms with Crippen molar-refractivity contribution in [2.75, 3.05) is 19.7 Å². The van der Waals surface area contributed by atoms with Gasteiger partial charge in [0.2, 0.25) is 15.9 Å². The molecular formula is C25H37F4N3O5S. The first-order chi connectivity index (χ1) is 17.7. The fourth-order valence-corrected chi connectivity index (χ4v) is 5.64. The number of benzene rings is 1. The highest BCUT2D eigenvalue weighted by Crippen LogP contribution is 2.34. The van der Waals surface area contributed by atoms with E-state index in [0.29, 0.717) is 18.6 Å². The van der Waals surface area contributed by atoms with Crippen LogP contribution in [-0.2, 0) is 25.7 Å². The fraction of sp³-hybridized carbons (Fsp3) is 0.680. The fourth-order valence-electron chi connectivity index (χ4n) is 4.36. The van der Waals surface area contributed by atoms with E-state index >= 15 is 0 Å². The number of imide groups is 1. The number of carbonyl (C=O) groups is 2. The number of nitrogens with one attached hydrogen (secondary N) is 1. The molecule has 0 aromatic heterocycles. The number of hydrogen-bond donors (Lipinski definition) is 2. The topological polar surface area (TPSA) is 119 Å². The summed E-state index contributed by atoms with van der Waals surface area (Å²) in [4.78, 5) is 25.5. The average molecular weight is 568 g/mol. The maximum atomic E-state index is 13.3. The lowest BCUT2D eigenvalue weighted by molar-refractivity contribution is -0.140. The predicted octanol–water partition coefficient (Wildman–Crippen LogP) is 4.82. The zero-order chi connectivity index (χ0) is 28.5. The Morgan fingerprint density at radius 2 is 1.82 bits per heavy atom. The molecule has 0 radical (unpaired) electrons. The minimum Gasteiger partial charge on any atom is -0.449 e. The van der Waals surface area contributed by atoms with Gasteiger partial charge in [0.1, 0.15) is 5.82 Å². The van der Waals surface area contributed by atoms with E-state index in [4.69, 9.17) is 10.5 Å². The van der Waals surface area contributed by atoms with Crippen molar-refractivity contribution < 1.29 is 40.3 Å². The van der Waals surface area contributed by atoms with Gasteiger partial charge in [-0.3, -0.25) is 4.79 Å². The van der Waals surface area contributed by atoms with Crippen molar-refractivity contribution >= 4 is 22.0 Å². The molecule has 13 heteroatoms. The molecule has 0 unspecified atom stereocenters. The highest BCUT2D eigenvalue weighted by molar-refractivity contribution is 7.89. The number of unbranched alkanes of at least 4 members (excludes halogenated alkanes) is 1. The number of hydrogen-bond acceptors (Lipinski definition) is 6. The summed E-state index contributed by atoms with van der Waals surface area (Å²) in [6.45, 7) is 3.60. The Morgan fingerprint density at radius 3 is 2.42 bits per heavy atom. The van der Waals surface area contributed by atoms with E-state index in [0.717, 1.165) is 37.0 Å². The van der Waals surface area contributed by atoms with Gasteiger partial charge in [-0.05, 0) is 62.1 Å². The van der Waals surface area contributed by atoms with Gasteiger partial charge < -0.3 is 10.5 Å². The van der Waals surface area contributed by atoms with E-state index < -0.39 is 50.5 Å². The Morgan fingerprint density at radius 1 is 1.16 bits per heavy atom. The van der Waals surface area contributed by atoms with Gasteiger partial charge in [0.05, 0.1) is 23.1 Å². The average Bonchev–Trinajstić information content (AvgIpc) is 2.83. The van der Waals surface area contributed by atoms with Crippen molar-refractivity contribution in [2.24, 2.45) is 17.6 Å². The van der Waals surface area contributed by atoms with Crippen molar-refractivity contribution in [3.8, 4) is 0 Å². The summed E-state index contributed by atoms with van der Waals surface area (Å²) in [7, 11) is -4.60. The van der Waals surface area contributed by atoms with Crippen molar-refractivity contribution in [2.45, 2.75) is 82.3 Å². The Hall–Kier alpha value is -2.25. The Balaban J connectivity index is 1.98. The molecule has 38 heavy (non-hydrogen) atoms. The van der Waals surface area contributed by atoms with Crippen LogP contribution >= 0.6 is 0 Å². The van der Waals surface area contributed by atoms with E-state index in [-0.39, 0.29) is 50.4 Å². The van der Waals surface area contributed by atoms with Crippen LogP contribution in [-0.4, -0.2) is 51.1 Å². The first-order valence-corrected chi connectivity index (χ1v) is 14.3. The van der Waals surface area contributed by atoms with E-state index in [1.165, 1.54) is 0 Å². The third-order valence-electron chi connectivity index (χ3n) is 6.33. The van der Waals surface area contributed by atoms with Crippen LogP contribution < -0.4 is 10.5 Å². The molecule has 1 atom stereocenters. The summed E-state index contributed by atoms with van der Waals surface area (Å²) in [6, 6.07) is 0.388. The van der Waals surface area contributed by atoms with Crippen molar-refractivity contribution in [1.29, 1.82) is 0 Å². The minimum absolute atomic E-state index is 0.0970. The molecule has 1 fully saturated rings. The van der Waals surface area contributed by atoms with Crippen LogP contribution in [0, 0.1) is 17.7 Å². The molecule has 3 N–H and O–H groups in total. The third-order valence-corrected chi connectivity index (χ3v) is 7.85. The molecule has 2 amide bonds. The lowest BCUT2D eigenvalue weighted by Crippen LogP contribution is -2.48. The summed E-state index contributed by atoms with van der Waals surface area (Å²) < 4.78 is 85.4. The zero-order valence-corrected chi connectivity index (χ0v) is 22.5. The Kier molecular flexibility index (Phi) is 12.0. The van der Waals surface area contributed by atoms with Gasteiger partial charge in [0.15, 0.2) is 0 Å². The molecule has 1 aromatic rings. The van der Waals surface area contributed by atoms with Gasteiger partial charge in [-0.25, -0.2) is 27.2 Å². The second-order valence-electron chi connectivity index (χ2n) is 10.0. The smallest absolute Gasteiger partial charge is 0.417 e. The van der Waals surface area contributed by atoms with Crippen LogP contribution in [0.15, 0.2) is 23.1 Å². The van der Waals surface area contributed by atoms with Crippen LogP contribution in [0.25, 0.3) is 0 Å². The quantitative estimate of drug-likeness (QED) is 0.276. The number of nitrogens with two attached hydrogens (primary N) is 1. The molecule has 8 nitrogen and oxygen atoms in total. The van der Waals surface area contributed by atoms with Gasteiger partial charge >= 0.3 is 12.3 Å². The van der Waals surface area contributed by atoms with Gasteiger partial charge in [0.25, 0.3) is 0 Å². The maximum absolute atomic E-state index is 13.3. The third kappa shape index (κ3) is 9.81. The predicted molar refractivity (Wildman–Crippen MR) is 133 cm³/mol. The molecule has 0 heterocycles. The van der Waals surface area contributed by atoms with Gasteiger partial charge in [0, 0.05) is 13.1 Å². The molecule has 1 aliphatic rings. The lowest BCUT2D eigenvalue weighted by Gasteiger charge is -2.26. The Bertz CT molecular complexity index is 1040. The van der Waals surface area contributed by atoms with Crippen molar-refractivity contribution in [3.63, 3.8) is 0 Å². The maximum Gasteiger partial charge on any atom is 0.417 e. The SMILES string of the molecule is CC(C)C[C@H](N)C(=O)N(CCCCNS(=O)(=O)c1ccc(F)cc1C(F)(F)F)C(=O)OCC1CCCCC1. The number of carbonyl (C=O) groups excluding carboxylic acids is 2. The van der Waals surface area contributed by atoms with Crippen LogP contribution in [0.2, 0.25) is 0 Å². The number of amides is 2. The number of alkyl halides is 3. The van der Waals surface area contributed by atoms with Crippen molar-refractivity contribution in [1.82, 2.24) is 9.62 Å². The first-order valence-electron chi connectivity index (χ1n) is 12.8. The van der Waals surface area contributed by atoms with E-state index in [2.05, 4.69) is 4.72 Å². The summed E-state index contributed by atoms with van der Waals surface area (Å²) in [6.07, 6.45) is -0.147. The van der Waals surface area contributed by atoms with Gasteiger partial charge in [-0.2, -0.15) is 13.2 Å². The zero-order valence-electron chi connectivity index (χ0n) is 21.7. The minimum atomic E-state index is -5.07. The summed E-state index contributed by atoms with van der Waals surface area (Å²) >= 11 is 0. The summed E-state index contributed by atoms with van der Waals surface area (Å²) in [5.41, 5.74) is 4.39. The number of nitrogens with zero attached hydrogens (tertiary/aromatic N) is 1.